The Bertz CT molecular complexity index is 731. The van der Waals surface area contributed by atoms with Crippen molar-refractivity contribution in [3.8, 4) is 0 Å². The fourth-order valence-electron chi connectivity index (χ4n) is 4.02. The van der Waals surface area contributed by atoms with Crippen molar-refractivity contribution >= 4 is 22.7 Å². The van der Waals surface area contributed by atoms with E-state index in [0.717, 1.165) is 35.6 Å². The summed E-state index contributed by atoms with van der Waals surface area (Å²) in [5.74, 6) is 0. The van der Waals surface area contributed by atoms with Crippen LogP contribution in [0.4, 0.5) is 22.7 Å². The summed E-state index contributed by atoms with van der Waals surface area (Å²) >= 11 is 0. The second kappa shape index (κ2) is 11.1. The lowest BCUT2D eigenvalue weighted by atomic mass is 10.2. The summed E-state index contributed by atoms with van der Waals surface area (Å²) in [6.07, 6.45) is 2.37. The van der Waals surface area contributed by atoms with Gasteiger partial charge in [-0.2, -0.15) is 0 Å². The zero-order valence-electron chi connectivity index (χ0n) is 18.6. The molecule has 0 radical (unpaired) electrons. The highest BCUT2D eigenvalue weighted by Crippen LogP contribution is 2.17. The van der Waals surface area contributed by atoms with Crippen molar-refractivity contribution in [2.24, 2.45) is 0 Å². The van der Waals surface area contributed by atoms with E-state index >= 15 is 0 Å². The van der Waals surface area contributed by atoms with Crippen LogP contribution in [0, 0.1) is 13.8 Å². The molecule has 0 atom stereocenters. The van der Waals surface area contributed by atoms with Crippen molar-refractivity contribution in [2.75, 3.05) is 74.5 Å². The predicted octanol–water partition coefficient (Wildman–Crippen LogP) is 1.97. The maximum Gasteiger partial charge on any atom is 0.0900 e. The zero-order valence-corrected chi connectivity index (χ0v) is 18.6. The molecule has 0 aliphatic carbocycles. The molecule has 1 saturated heterocycles. The van der Waals surface area contributed by atoms with Crippen molar-refractivity contribution < 1.29 is 4.90 Å². The molecule has 164 valence electrons. The van der Waals surface area contributed by atoms with Crippen LogP contribution in [0.2, 0.25) is 0 Å². The Balaban J connectivity index is 1.24. The summed E-state index contributed by atoms with van der Waals surface area (Å²) in [6, 6.07) is 12.3. The summed E-state index contributed by atoms with van der Waals surface area (Å²) in [7, 11) is 0. The van der Waals surface area contributed by atoms with Gasteiger partial charge >= 0.3 is 0 Å². The fourth-order valence-corrected chi connectivity index (χ4v) is 4.02. The third kappa shape index (κ3) is 6.82. The van der Waals surface area contributed by atoms with Crippen LogP contribution in [-0.4, -0.2) is 57.3 Å². The quantitative estimate of drug-likeness (QED) is 0.305. The van der Waals surface area contributed by atoms with E-state index in [0.29, 0.717) is 0 Å². The van der Waals surface area contributed by atoms with E-state index in [9.17, 15) is 0 Å². The third-order valence-corrected chi connectivity index (χ3v) is 6.12. The Labute approximate surface area is 181 Å². The number of nitrogens with one attached hydrogen (secondary N) is 3. The van der Waals surface area contributed by atoms with Crippen molar-refractivity contribution in [3.63, 3.8) is 0 Å². The number of quaternary nitrogens is 1. The number of hydrogen-bond donors (Lipinski definition) is 5. The van der Waals surface area contributed by atoms with E-state index in [2.05, 4.69) is 53.6 Å². The number of nitrogens with zero attached hydrogens (tertiary/aromatic N) is 1. The molecule has 6 heteroatoms. The first-order valence-electron chi connectivity index (χ1n) is 11.3. The van der Waals surface area contributed by atoms with Gasteiger partial charge in [-0.1, -0.05) is 0 Å². The summed E-state index contributed by atoms with van der Waals surface area (Å²) in [6.45, 7) is 13.5. The molecule has 1 heterocycles. The van der Waals surface area contributed by atoms with Gasteiger partial charge < -0.3 is 27.0 Å². The SMILES string of the molecule is Cc1cc(NCCCN2CC[NH+](CCCNc3ccc(N)c(C)c3)CC2)ccc1N. The molecule has 0 unspecified atom stereocenters. The van der Waals surface area contributed by atoms with Gasteiger partial charge in [-0.05, 0) is 67.8 Å². The number of anilines is 4. The van der Waals surface area contributed by atoms with Gasteiger partial charge in [-0.25, -0.2) is 0 Å². The first-order chi connectivity index (χ1) is 14.5. The van der Waals surface area contributed by atoms with Gasteiger partial charge in [0.05, 0.1) is 19.6 Å². The molecule has 6 nitrogen and oxygen atoms in total. The minimum absolute atomic E-state index is 0.858. The Kier molecular flexibility index (Phi) is 8.22. The monoisotopic (exact) mass is 411 g/mol. The van der Waals surface area contributed by atoms with E-state index in [-0.39, 0.29) is 0 Å². The van der Waals surface area contributed by atoms with E-state index in [4.69, 9.17) is 11.5 Å². The number of hydrogen-bond acceptors (Lipinski definition) is 5. The van der Waals surface area contributed by atoms with Gasteiger partial charge in [0, 0.05) is 61.9 Å². The van der Waals surface area contributed by atoms with Crippen molar-refractivity contribution in [3.05, 3.63) is 47.5 Å². The minimum Gasteiger partial charge on any atom is -0.399 e. The number of nitrogens with two attached hydrogens (primary N) is 2. The number of aryl methyl sites for hydroxylation is 2. The molecular formula is C24H39N6+. The van der Waals surface area contributed by atoms with E-state index < -0.39 is 0 Å². The van der Waals surface area contributed by atoms with Crippen molar-refractivity contribution in [1.82, 2.24) is 4.90 Å². The third-order valence-electron chi connectivity index (χ3n) is 6.12. The van der Waals surface area contributed by atoms with Crippen LogP contribution in [0.25, 0.3) is 0 Å². The lowest BCUT2D eigenvalue weighted by molar-refractivity contribution is -0.904. The fraction of sp³-hybridized carbons (Fsp3) is 0.500. The largest absolute Gasteiger partial charge is 0.399 e. The summed E-state index contributed by atoms with van der Waals surface area (Å²) in [5.41, 5.74) is 18.1. The van der Waals surface area contributed by atoms with Gasteiger partial charge in [0.2, 0.25) is 0 Å². The van der Waals surface area contributed by atoms with Crippen LogP contribution >= 0.6 is 0 Å². The number of rotatable bonds is 10. The van der Waals surface area contributed by atoms with Gasteiger partial charge in [0.25, 0.3) is 0 Å². The highest BCUT2D eigenvalue weighted by atomic mass is 15.3. The first kappa shape index (κ1) is 22.2. The van der Waals surface area contributed by atoms with Crippen molar-refractivity contribution in [2.45, 2.75) is 26.7 Å². The molecule has 0 saturated carbocycles. The molecule has 0 bridgehead atoms. The topological polar surface area (TPSA) is 83.8 Å². The van der Waals surface area contributed by atoms with Crippen LogP contribution in [0.5, 0.6) is 0 Å². The normalized spacial score (nSPS) is 15.3. The second-order valence-corrected chi connectivity index (χ2v) is 8.55. The minimum atomic E-state index is 0.858. The van der Waals surface area contributed by atoms with Crippen LogP contribution in [-0.2, 0) is 0 Å². The molecule has 0 aromatic heterocycles. The summed E-state index contributed by atoms with van der Waals surface area (Å²) in [5, 5.41) is 7.04. The van der Waals surface area contributed by atoms with Gasteiger partial charge in [0.1, 0.15) is 0 Å². The number of benzene rings is 2. The lowest BCUT2D eigenvalue weighted by Crippen LogP contribution is -3.14. The van der Waals surface area contributed by atoms with E-state index in [1.807, 2.05) is 12.1 Å². The molecule has 0 amide bonds. The molecular weight excluding hydrogens is 372 g/mol. The molecule has 30 heavy (non-hydrogen) atoms. The zero-order chi connectivity index (χ0) is 21.3. The van der Waals surface area contributed by atoms with E-state index in [1.165, 1.54) is 63.5 Å². The first-order valence-corrected chi connectivity index (χ1v) is 11.3. The van der Waals surface area contributed by atoms with E-state index in [1.54, 1.807) is 4.90 Å². The number of nitrogen functional groups attached to an aromatic ring is 2. The molecule has 7 N–H and O–H groups in total. The maximum atomic E-state index is 5.88. The van der Waals surface area contributed by atoms with Gasteiger partial charge in [-0.15, -0.1) is 0 Å². The van der Waals surface area contributed by atoms with Crippen LogP contribution in [0.1, 0.15) is 24.0 Å². The summed E-state index contributed by atoms with van der Waals surface area (Å²) in [4.78, 5) is 4.34. The van der Waals surface area contributed by atoms with Crippen molar-refractivity contribution in [1.29, 1.82) is 0 Å². The molecule has 2 aromatic rings. The molecule has 3 rings (SSSR count). The number of piperazine rings is 1. The average Bonchev–Trinajstić information content (AvgIpc) is 2.74. The Morgan fingerprint density at radius 2 is 1.37 bits per heavy atom. The highest BCUT2D eigenvalue weighted by molar-refractivity contribution is 5.57. The van der Waals surface area contributed by atoms with Gasteiger partial charge in [-0.3, -0.25) is 4.90 Å². The Morgan fingerprint density at radius 1 is 0.833 bits per heavy atom. The smallest absolute Gasteiger partial charge is 0.0900 e. The Morgan fingerprint density at radius 3 is 1.90 bits per heavy atom. The lowest BCUT2D eigenvalue weighted by Gasteiger charge is -2.32. The molecule has 1 aliphatic heterocycles. The molecule has 1 aliphatic rings. The van der Waals surface area contributed by atoms with Crippen LogP contribution in [0.3, 0.4) is 0 Å². The molecule has 0 spiro atoms. The van der Waals surface area contributed by atoms with Crippen LogP contribution < -0.4 is 27.0 Å². The standard InChI is InChI=1S/C24H38N6/c1-19-17-21(5-7-23(19)25)27-9-3-11-29-13-15-30(16-14-29)12-4-10-28-22-6-8-24(26)20(2)18-22/h5-8,17-18,27-28H,3-4,9-16,25-26H2,1-2H3/p+1. The maximum absolute atomic E-state index is 5.88. The summed E-state index contributed by atoms with van der Waals surface area (Å²) < 4.78 is 0. The average molecular weight is 412 g/mol. The highest BCUT2D eigenvalue weighted by Gasteiger charge is 2.18. The Hall–Kier alpha value is -2.44. The molecule has 1 fully saturated rings. The second-order valence-electron chi connectivity index (χ2n) is 8.55. The van der Waals surface area contributed by atoms with Gasteiger partial charge in [0.15, 0.2) is 0 Å². The predicted molar refractivity (Wildman–Crippen MR) is 129 cm³/mol. The molecule has 2 aromatic carbocycles. The van der Waals surface area contributed by atoms with Crippen LogP contribution in [0.15, 0.2) is 36.4 Å².